The first-order chi connectivity index (χ1) is 6.58. The van der Waals surface area contributed by atoms with Gasteiger partial charge in [-0.3, -0.25) is 0 Å². The van der Waals surface area contributed by atoms with E-state index in [1.54, 1.807) is 0 Å². The van der Waals surface area contributed by atoms with Crippen molar-refractivity contribution in [1.82, 2.24) is 0 Å². The Kier molecular flexibility index (Phi) is 4.20. The molecule has 0 fully saturated rings. The lowest BCUT2D eigenvalue weighted by molar-refractivity contribution is 0.322. The second kappa shape index (κ2) is 5.20. The van der Waals surface area contributed by atoms with Crippen molar-refractivity contribution in [3.8, 4) is 5.75 Å². The normalized spacial score (nSPS) is 11.4. The largest absolute Gasteiger partial charge is 0.494 e. The maximum Gasteiger partial charge on any atom is 0.119 e. The van der Waals surface area contributed by atoms with Gasteiger partial charge in [0.2, 0.25) is 0 Å². The van der Waals surface area contributed by atoms with Crippen molar-refractivity contribution in [2.75, 3.05) is 6.61 Å². The lowest BCUT2D eigenvalue weighted by Gasteiger charge is -2.15. The molecule has 1 aromatic carbocycles. The van der Waals surface area contributed by atoms with Crippen molar-refractivity contribution in [3.63, 3.8) is 0 Å². The Hall–Kier alpha value is -0.763. The van der Waals surface area contributed by atoms with Crippen LogP contribution >= 0.6 is 0 Å². The maximum absolute atomic E-state index is 5.59. The zero-order valence-corrected chi connectivity index (χ0v) is 10.3. The van der Waals surface area contributed by atoms with Crippen LogP contribution in [0.25, 0.3) is 0 Å². The Morgan fingerprint density at radius 3 is 2.36 bits per heavy atom. The van der Waals surface area contributed by atoms with E-state index in [0.717, 1.165) is 18.8 Å². The van der Waals surface area contributed by atoms with Gasteiger partial charge < -0.3 is 4.74 Å². The third-order valence-electron chi connectivity index (χ3n) is 1.89. The second-order valence-corrected chi connectivity index (χ2v) is 9.66. The van der Waals surface area contributed by atoms with E-state index in [1.165, 1.54) is 0 Å². The van der Waals surface area contributed by atoms with Crippen LogP contribution in [0.15, 0.2) is 30.3 Å². The predicted molar refractivity (Wildman–Crippen MR) is 64.2 cm³/mol. The monoisotopic (exact) mass is 207 g/mol. The van der Waals surface area contributed by atoms with Crippen LogP contribution in [0.1, 0.15) is 6.42 Å². The van der Waals surface area contributed by atoms with Crippen LogP contribution in [0.3, 0.4) is 0 Å². The molecule has 14 heavy (non-hydrogen) atoms. The van der Waals surface area contributed by atoms with Crippen molar-refractivity contribution in [2.45, 2.75) is 26.1 Å². The standard InChI is InChI=1S/C12H19OSi/c1-14(2,3)11-7-10-13-12-8-5-4-6-9-12/h4-6,8-9,11H,7,10H2,1-3H3. The Bertz CT molecular complexity index is 251. The summed E-state index contributed by atoms with van der Waals surface area (Å²) < 4.78 is 5.59. The lowest BCUT2D eigenvalue weighted by Crippen LogP contribution is -2.22. The van der Waals surface area contributed by atoms with Gasteiger partial charge in [0.15, 0.2) is 0 Å². The Labute approximate surface area is 88.1 Å². The highest BCUT2D eigenvalue weighted by molar-refractivity contribution is 6.79. The van der Waals surface area contributed by atoms with E-state index in [0.29, 0.717) is 0 Å². The van der Waals surface area contributed by atoms with Gasteiger partial charge in [-0.1, -0.05) is 37.8 Å². The van der Waals surface area contributed by atoms with Gasteiger partial charge in [-0.05, 0) is 24.6 Å². The van der Waals surface area contributed by atoms with Crippen molar-refractivity contribution < 1.29 is 4.74 Å². The summed E-state index contributed by atoms with van der Waals surface area (Å²) in [6.45, 7) is 7.83. The fourth-order valence-electron chi connectivity index (χ4n) is 1.19. The molecule has 1 aromatic rings. The molecule has 0 N–H and O–H groups in total. The molecule has 0 heterocycles. The first kappa shape index (κ1) is 11.3. The lowest BCUT2D eigenvalue weighted by atomic mass is 10.3. The third kappa shape index (κ3) is 5.07. The number of hydrogen-bond donors (Lipinski definition) is 0. The molecule has 0 saturated carbocycles. The molecule has 0 aliphatic heterocycles. The minimum atomic E-state index is -1.00. The smallest absolute Gasteiger partial charge is 0.119 e. The van der Waals surface area contributed by atoms with Crippen LogP contribution in [0.5, 0.6) is 5.75 Å². The highest BCUT2D eigenvalue weighted by Gasteiger charge is 2.11. The molecule has 0 saturated heterocycles. The van der Waals surface area contributed by atoms with Gasteiger partial charge in [0.25, 0.3) is 0 Å². The topological polar surface area (TPSA) is 9.23 Å². The molecular weight excluding hydrogens is 188 g/mol. The zero-order chi connectivity index (χ0) is 10.4. The van der Waals surface area contributed by atoms with Gasteiger partial charge in [0.1, 0.15) is 5.75 Å². The number of rotatable bonds is 5. The van der Waals surface area contributed by atoms with Gasteiger partial charge in [-0.15, -0.1) is 0 Å². The first-order valence-electron chi connectivity index (χ1n) is 5.10. The summed E-state index contributed by atoms with van der Waals surface area (Å²) in [4.78, 5) is 0. The SMILES string of the molecule is C[Si](C)(C)[CH]CCOc1ccccc1. The molecule has 0 atom stereocenters. The summed E-state index contributed by atoms with van der Waals surface area (Å²) >= 11 is 0. The van der Waals surface area contributed by atoms with Crippen LogP contribution in [-0.4, -0.2) is 14.7 Å². The molecule has 0 aromatic heterocycles. The van der Waals surface area contributed by atoms with E-state index in [1.807, 2.05) is 30.3 Å². The summed E-state index contributed by atoms with van der Waals surface area (Å²) in [7, 11) is -1.00. The zero-order valence-electron chi connectivity index (χ0n) is 9.29. The van der Waals surface area contributed by atoms with Gasteiger partial charge in [0, 0.05) is 8.07 Å². The molecule has 1 rings (SSSR count). The molecule has 0 bridgehead atoms. The number of hydrogen-bond acceptors (Lipinski definition) is 1. The molecule has 77 valence electrons. The Morgan fingerprint density at radius 1 is 1.14 bits per heavy atom. The molecule has 2 heteroatoms. The van der Waals surface area contributed by atoms with E-state index in [4.69, 9.17) is 4.74 Å². The minimum absolute atomic E-state index is 0.800. The van der Waals surface area contributed by atoms with Gasteiger partial charge in [-0.25, -0.2) is 0 Å². The average Bonchev–Trinajstić information content (AvgIpc) is 2.13. The van der Waals surface area contributed by atoms with Crippen molar-refractivity contribution in [3.05, 3.63) is 36.4 Å². The Morgan fingerprint density at radius 2 is 1.79 bits per heavy atom. The summed E-state index contributed by atoms with van der Waals surface area (Å²) in [6, 6.07) is 12.4. The molecule has 0 aliphatic rings. The summed E-state index contributed by atoms with van der Waals surface area (Å²) in [5, 5.41) is 0. The molecule has 0 amide bonds. The number of para-hydroxylation sites is 1. The minimum Gasteiger partial charge on any atom is -0.494 e. The molecule has 0 spiro atoms. The molecular formula is C12H19OSi. The van der Waals surface area contributed by atoms with Crippen LogP contribution in [0.4, 0.5) is 0 Å². The second-order valence-electron chi connectivity index (χ2n) is 4.52. The molecule has 0 aliphatic carbocycles. The van der Waals surface area contributed by atoms with Crippen LogP contribution in [0, 0.1) is 6.04 Å². The van der Waals surface area contributed by atoms with E-state index in [9.17, 15) is 0 Å². The van der Waals surface area contributed by atoms with Crippen LogP contribution in [0.2, 0.25) is 19.6 Å². The fourth-order valence-corrected chi connectivity index (χ4v) is 2.17. The van der Waals surface area contributed by atoms with Crippen LogP contribution in [-0.2, 0) is 0 Å². The maximum atomic E-state index is 5.59. The van der Waals surface area contributed by atoms with Crippen molar-refractivity contribution in [1.29, 1.82) is 0 Å². The third-order valence-corrected chi connectivity index (χ3v) is 3.40. The van der Waals surface area contributed by atoms with Crippen molar-refractivity contribution >= 4 is 8.07 Å². The number of benzene rings is 1. The summed E-state index contributed by atoms with van der Waals surface area (Å²) in [5.74, 6) is 0.969. The average molecular weight is 207 g/mol. The van der Waals surface area contributed by atoms with Crippen molar-refractivity contribution in [2.24, 2.45) is 0 Å². The highest BCUT2D eigenvalue weighted by atomic mass is 28.3. The molecule has 1 nitrogen and oxygen atoms in total. The predicted octanol–water partition coefficient (Wildman–Crippen LogP) is 3.54. The van der Waals surface area contributed by atoms with Gasteiger partial charge >= 0.3 is 0 Å². The van der Waals surface area contributed by atoms with Gasteiger partial charge in [0.05, 0.1) is 6.61 Å². The summed E-state index contributed by atoms with van der Waals surface area (Å²) in [5.41, 5.74) is 0. The van der Waals surface area contributed by atoms with E-state index in [2.05, 4.69) is 25.7 Å². The van der Waals surface area contributed by atoms with E-state index < -0.39 is 8.07 Å². The summed E-state index contributed by atoms with van der Waals surface area (Å²) in [6.07, 6.45) is 1.06. The molecule has 1 radical (unpaired) electrons. The van der Waals surface area contributed by atoms with E-state index >= 15 is 0 Å². The Balaban J connectivity index is 2.17. The molecule has 0 unspecified atom stereocenters. The highest BCUT2D eigenvalue weighted by Crippen LogP contribution is 2.11. The van der Waals surface area contributed by atoms with E-state index in [-0.39, 0.29) is 0 Å². The first-order valence-corrected chi connectivity index (χ1v) is 8.68. The van der Waals surface area contributed by atoms with Crippen LogP contribution < -0.4 is 4.74 Å². The van der Waals surface area contributed by atoms with Gasteiger partial charge in [-0.2, -0.15) is 0 Å². The fraction of sp³-hybridized carbons (Fsp3) is 0.417. The number of ether oxygens (including phenoxy) is 1. The quantitative estimate of drug-likeness (QED) is 0.530.